The van der Waals surface area contributed by atoms with Gasteiger partial charge in [-0.25, -0.2) is 0 Å². The maximum Gasteiger partial charge on any atom is 0.0540 e. The molecule has 10 aromatic carbocycles. The predicted octanol–water partition coefficient (Wildman–Crippen LogP) is 14.8. The quantitative estimate of drug-likeness (QED) is 0.159. The summed E-state index contributed by atoms with van der Waals surface area (Å²) >= 11 is 0. The molecular formula is C52H35N. The molecule has 1 nitrogen and oxygen atoms in total. The molecule has 248 valence electrons. The Hall–Kier alpha value is -6.96. The molecule has 0 unspecified atom stereocenters. The van der Waals surface area contributed by atoms with E-state index in [9.17, 15) is 0 Å². The second-order valence-corrected chi connectivity index (χ2v) is 13.7. The molecule has 0 heterocycles. The zero-order valence-electron chi connectivity index (χ0n) is 29.2. The number of hydrogen-bond acceptors (Lipinski definition) is 1. The van der Waals surface area contributed by atoms with Gasteiger partial charge in [0.1, 0.15) is 0 Å². The van der Waals surface area contributed by atoms with E-state index in [1.807, 2.05) is 0 Å². The molecule has 0 atom stereocenters. The van der Waals surface area contributed by atoms with Crippen molar-refractivity contribution in [1.29, 1.82) is 0 Å². The van der Waals surface area contributed by atoms with Crippen LogP contribution in [-0.2, 0) is 0 Å². The first-order chi connectivity index (χ1) is 26.3. The van der Waals surface area contributed by atoms with Crippen molar-refractivity contribution in [3.05, 3.63) is 212 Å². The largest absolute Gasteiger partial charge is 0.310 e. The van der Waals surface area contributed by atoms with Crippen molar-refractivity contribution in [3.63, 3.8) is 0 Å². The Kier molecular flexibility index (Phi) is 7.55. The van der Waals surface area contributed by atoms with Crippen LogP contribution in [0.3, 0.4) is 0 Å². The standard InChI is InChI=1S/C52H35N/c1-2-11-36(12-3-1)37-23-29-43(30-24-37)53(52-20-9-8-18-50(52)47-19-10-15-39-13-4-6-16-45(39)47)44-31-25-38(26-32-44)42-22-21-41-28-33-48-46-17-7-5-14-40(46)27-34-49(48)51(41)35-42/h1-35H. The van der Waals surface area contributed by atoms with Gasteiger partial charge >= 0.3 is 0 Å². The van der Waals surface area contributed by atoms with Gasteiger partial charge in [0, 0.05) is 16.9 Å². The smallest absolute Gasteiger partial charge is 0.0540 e. The van der Waals surface area contributed by atoms with E-state index in [-0.39, 0.29) is 0 Å². The number of nitrogens with zero attached hydrogens (tertiary/aromatic N) is 1. The first-order valence-electron chi connectivity index (χ1n) is 18.3. The summed E-state index contributed by atoms with van der Waals surface area (Å²) in [4.78, 5) is 2.40. The molecule has 0 N–H and O–H groups in total. The topological polar surface area (TPSA) is 3.24 Å². The zero-order valence-corrected chi connectivity index (χ0v) is 29.2. The van der Waals surface area contributed by atoms with Gasteiger partial charge in [0.05, 0.1) is 5.69 Å². The van der Waals surface area contributed by atoms with E-state index in [0.29, 0.717) is 0 Å². The number of anilines is 3. The molecule has 0 spiro atoms. The van der Waals surface area contributed by atoms with Gasteiger partial charge in [0.15, 0.2) is 0 Å². The third-order valence-corrected chi connectivity index (χ3v) is 10.7. The van der Waals surface area contributed by atoms with Gasteiger partial charge in [-0.1, -0.05) is 176 Å². The number of para-hydroxylation sites is 1. The SMILES string of the molecule is c1ccc(-c2ccc(N(c3ccc(-c4ccc5ccc6c7ccccc7ccc6c5c4)cc3)c3ccccc3-c3cccc4ccccc34)cc2)cc1. The Morgan fingerprint density at radius 3 is 1.45 bits per heavy atom. The van der Waals surface area contributed by atoms with Gasteiger partial charge in [-0.2, -0.15) is 0 Å². The molecule has 1 heteroatoms. The van der Waals surface area contributed by atoms with Crippen LogP contribution in [0.1, 0.15) is 0 Å². The Bertz CT molecular complexity index is 2920. The van der Waals surface area contributed by atoms with Crippen molar-refractivity contribution in [2.75, 3.05) is 4.90 Å². The van der Waals surface area contributed by atoms with Crippen molar-refractivity contribution < 1.29 is 0 Å². The highest BCUT2D eigenvalue weighted by Crippen LogP contribution is 2.43. The fraction of sp³-hybridized carbons (Fsp3) is 0. The monoisotopic (exact) mass is 673 g/mol. The van der Waals surface area contributed by atoms with E-state index in [1.54, 1.807) is 0 Å². The Morgan fingerprint density at radius 1 is 0.245 bits per heavy atom. The van der Waals surface area contributed by atoms with Crippen LogP contribution in [-0.4, -0.2) is 0 Å². The first kappa shape index (κ1) is 30.8. The molecule has 10 rings (SSSR count). The van der Waals surface area contributed by atoms with E-state index < -0.39 is 0 Å². The summed E-state index contributed by atoms with van der Waals surface area (Å²) in [5, 5.41) is 10.2. The van der Waals surface area contributed by atoms with Crippen molar-refractivity contribution in [3.8, 4) is 33.4 Å². The van der Waals surface area contributed by atoms with Crippen LogP contribution in [0.25, 0.3) is 76.5 Å². The van der Waals surface area contributed by atoms with Crippen LogP contribution in [0.2, 0.25) is 0 Å². The van der Waals surface area contributed by atoms with Crippen LogP contribution in [0.4, 0.5) is 17.1 Å². The van der Waals surface area contributed by atoms with Crippen LogP contribution >= 0.6 is 0 Å². The van der Waals surface area contributed by atoms with Gasteiger partial charge in [-0.05, 0) is 107 Å². The van der Waals surface area contributed by atoms with E-state index in [1.165, 1.54) is 76.5 Å². The van der Waals surface area contributed by atoms with E-state index in [0.717, 1.165) is 17.1 Å². The maximum atomic E-state index is 2.40. The van der Waals surface area contributed by atoms with E-state index in [4.69, 9.17) is 0 Å². The molecule has 0 aromatic heterocycles. The van der Waals surface area contributed by atoms with E-state index in [2.05, 4.69) is 217 Å². The summed E-state index contributed by atoms with van der Waals surface area (Å²) < 4.78 is 0. The molecule has 0 fully saturated rings. The third-order valence-electron chi connectivity index (χ3n) is 10.7. The fourth-order valence-corrected chi connectivity index (χ4v) is 8.02. The molecule has 0 amide bonds. The highest BCUT2D eigenvalue weighted by molar-refractivity contribution is 6.17. The molecule has 53 heavy (non-hydrogen) atoms. The van der Waals surface area contributed by atoms with Crippen molar-refractivity contribution in [2.45, 2.75) is 0 Å². The molecule has 0 aliphatic rings. The maximum absolute atomic E-state index is 2.40. The zero-order chi connectivity index (χ0) is 35.1. The summed E-state index contributed by atoms with van der Waals surface area (Å²) in [5.74, 6) is 0. The van der Waals surface area contributed by atoms with Gasteiger partial charge in [-0.15, -0.1) is 0 Å². The van der Waals surface area contributed by atoms with Crippen molar-refractivity contribution >= 4 is 60.2 Å². The lowest BCUT2D eigenvalue weighted by atomic mass is 9.94. The average Bonchev–Trinajstić information content (AvgIpc) is 3.24. The minimum absolute atomic E-state index is 1.10. The molecule has 10 aromatic rings. The highest BCUT2D eigenvalue weighted by atomic mass is 15.1. The first-order valence-corrected chi connectivity index (χ1v) is 18.3. The lowest BCUT2D eigenvalue weighted by molar-refractivity contribution is 1.28. The van der Waals surface area contributed by atoms with Crippen LogP contribution in [0, 0.1) is 0 Å². The van der Waals surface area contributed by atoms with Gasteiger partial charge < -0.3 is 4.90 Å². The number of hydrogen-bond donors (Lipinski definition) is 0. The van der Waals surface area contributed by atoms with Gasteiger partial charge in [-0.3, -0.25) is 0 Å². The molecule has 0 aliphatic heterocycles. The van der Waals surface area contributed by atoms with E-state index >= 15 is 0 Å². The third kappa shape index (κ3) is 5.51. The minimum atomic E-state index is 1.10. The number of benzene rings is 10. The van der Waals surface area contributed by atoms with Crippen LogP contribution in [0.15, 0.2) is 212 Å². The van der Waals surface area contributed by atoms with Crippen LogP contribution < -0.4 is 4.90 Å². The van der Waals surface area contributed by atoms with Gasteiger partial charge in [0.2, 0.25) is 0 Å². The Labute approximate surface area is 309 Å². The van der Waals surface area contributed by atoms with Crippen molar-refractivity contribution in [1.82, 2.24) is 0 Å². The lowest BCUT2D eigenvalue weighted by Gasteiger charge is -2.28. The molecule has 0 radical (unpaired) electrons. The highest BCUT2D eigenvalue weighted by Gasteiger charge is 2.19. The Balaban J connectivity index is 1.10. The fourth-order valence-electron chi connectivity index (χ4n) is 8.02. The number of fused-ring (bicyclic) bond motifs is 6. The molecule has 0 saturated carbocycles. The normalized spacial score (nSPS) is 11.4. The second kappa shape index (κ2) is 13.0. The number of rotatable bonds is 6. The summed E-state index contributed by atoms with van der Waals surface area (Å²) in [6.45, 7) is 0. The molecule has 0 saturated heterocycles. The summed E-state index contributed by atoms with van der Waals surface area (Å²) in [6, 6.07) is 77.2. The molecular weight excluding hydrogens is 639 g/mol. The minimum Gasteiger partial charge on any atom is -0.310 e. The predicted molar refractivity (Wildman–Crippen MR) is 227 cm³/mol. The summed E-state index contributed by atoms with van der Waals surface area (Å²) in [5.41, 5.74) is 10.6. The average molecular weight is 674 g/mol. The van der Waals surface area contributed by atoms with Crippen LogP contribution in [0.5, 0.6) is 0 Å². The summed E-state index contributed by atoms with van der Waals surface area (Å²) in [6.07, 6.45) is 0. The molecule has 0 aliphatic carbocycles. The lowest BCUT2D eigenvalue weighted by Crippen LogP contribution is -2.11. The van der Waals surface area contributed by atoms with Gasteiger partial charge in [0.25, 0.3) is 0 Å². The summed E-state index contributed by atoms with van der Waals surface area (Å²) in [7, 11) is 0. The second-order valence-electron chi connectivity index (χ2n) is 13.7. The molecule has 0 bridgehead atoms. The van der Waals surface area contributed by atoms with Crippen molar-refractivity contribution in [2.24, 2.45) is 0 Å². The Morgan fingerprint density at radius 2 is 0.717 bits per heavy atom.